The molecule has 1 aliphatic heterocycles. The van der Waals surface area contributed by atoms with Crippen LogP contribution < -0.4 is 5.32 Å². The van der Waals surface area contributed by atoms with Gasteiger partial charge >= 0.3 is 0 Å². The van der Waals surface area contributed by atoms with E-state index in [1.165, 1.54) is 19.3 Å². The molecule has 1 saturated heterocycles. The third-order valence-electron chi connectivity index (χ3n) is 5.09. The quantitative estimate of drug-likeness (QED) is 0.935. The van der Waals surface area contributed by atoms with Gasteiger partial charge in [-0.2, -0.15) is 4.98 Å². The molecule has 1 saturated carbocycles. The van der Waals surface area contributed by atoms with Crippen molar-refractivity contribution in [1.82, 2.24) is 20.4 Å². The van der Waals surface area contributed by atoms with Gasteiger partial charge in [-0.15, -0.1) is 0 Å². The van der Waals surface area contributed by atoms with Gasteiger partial charge in [0.25, 0.3) is 0 Å². The number of hydrogen-bond acceptors (Lipinski definition) is 6. The van der Waals surface area contributed by atoms with Crippen molar-refractivity contribution < 1.29 is 8.94 Å². The summed E-state index contributed by atoms with van der Waals surface area (Å²) in [6.07, 6.45) is 9.40. The zero-order valence-electron chi connectivity index (χ0n) is 13.0. The van der Waals surface area contributed by atoms with Crippen LogP contribution in [0.25, 0.3) is 11.5 Å². The van der Waals surface area contributed by atoms with E-state index in [1.807, 2.05) is 0 Å². The second-order valence-corrected chi connectivity index (χ2v) is 6.46. The summed E-state index contributed by atoms with van der Waals surface area (Å²) in [5.41, 5.74) is 0.701. The van der Waals surface area contributed by atoms with E-state index in [4.69, 9.17) is 8.94 Å². The lowest BCUT2D eigenvalue weighted by Gasteiger charge is -2.35. The van der Waals surface area contributed by atoms with E-state index >= 15 is 0 Å². The zero-order chi connectivity index (χ0) is 15.0. The van der Waals surface area contributed by atoms with Crippen molar-refractivity contribution in [2.24, 2.45) is 0 Å². The van der Waals surface area contributed by atoms with Gasteiger partial charge in [0.2, 0.25) is 11.7 Å². The van der Waals surface area contributed by atoms with Crippen LogP contribution in [0.2, 0.25) is 0 Å². The Kier molecular flexibility index (Phi) is 3.48. The normalized spacial score (nSPS) is 28.0. The van der Waals surface area contributed by atoms with E-state index in [-0.39, 0.29) is 5.41 Å². The smallest absolute Gasteiger partial charge is 0.234 e. The molecule has 0 unspecified atom stereocenters. The van der Waals surface area contributed by atoms with Crippen molar-refractivity contribution in [1.29, 1.82) is 0 Å². The molecular formula is C16H22N4O2. The Morgan fingerprint density at radius 3 is 3.18 bits per heavy atom. The minimum atomic E-state index is 0.0273. The number of fused-ring (bicyclic) bond motifs is 1. The van der Waals surface area contributed by atoms with Gasteiger partial charge in [0, 0.05) is 12.5 Å². The van der Waals surface area contributed by atoms with E-state index in [9.17, 15) is 0 Å². The zero-order valence-corrected chi connectivity index (χ0v) is 13.0. The molecule has 2 fully saturated rings. The third kappa shape index (κ3) is 2.17. The Bertz CT molecular complexity index is 650. The van der Waals surface area contributed by atoms with Crippen LogP contribution in [-0.2, 0) is 11.8 Å². The molecule has 0 spiro atoms. The lowest BCUT2D eigenvalue weighted by atomic mass is 9.70. The maximum atomic E-state index is 5.65. The summed E-state index contributed by atoms with van der Waals surface area (Å²) < 4.78 is 11.1. The van der Waals surface area contributed by atoms with E-state index in [1.54, 1.807) is 6.26 Å². The SMILES string of the molecule is CCCc1nc(-c2noc([C@@]34CCCC[C@@H]3NCC4)n2)co1. The largest absolute Gasteiger partial charge is 0.448 e. The summed E-state index contributed by atoms with van der Waals surface area (Å²) in [6, 6.07) is 0.475. The predicted octanol–water partition coefficient (Wildman–Crippen LogP) is 2.85. The van der Waals surface area contributed by atoms with Gasteiger partial charge < -0.3 is 14.3 Å². The maximum Gasteiger partial charge on any atom is 0.234 e. The highest BCUT2D eigenvalue weighted by molar-refractivity contribution is 5.46. The standard InChI is InChI=1S/C16H22N4O2/c1-2-5-13-18-11(10-21-13)14-19-15(22-20-14)16-7-4-3-6-12(16)17-9-8-16/h10,12,17H,2-9H2,1H3/t12-,16+/m0/s1. The first kappa shape index (κ1) is 13.9. The summed E-state index contributed by atoms with van der Waals surface area (Å²) in [6.45, 7) is 3.14. The Balaban J connectivity index is 1.63. The van der Waals surface area contributed by atoms with Crippen molar-refractivity contribution in [3.63, 3.8) is 0 Å². The van der Waals surface area contributed by atoms with Crippen LogP contribution in [0.1, 0.15) is 57.2 Å². The first-order chi connectivity index (χ1) is 10.8. The van der Waals surface area contributed by atoms with Gasteiger partial charge in [-0.05, 0) is 32.2 Å². The molecule has 2 aromatic heterocycles. The number of oxazole rings is 1. The van der Waals surface area contributed by atoms with Crippen molar-refractivity contribution in [3.8, 4) is 11.5 Å². The van der Waals surface area contributed by atoms with Crippen molar-refractivity contribution in [2.75, 3.05) is 6.54 Å². The highest BCUT2D eigenvalue weighted by Gasteiger charge is 2.49. The second-order valence-electron chi connectivity index (χ2n) is 6.46. The summed E-state index contributed by atoms with van der Waals surface area (Å²) in [5.74, 6) is 2.06. The average molecular weight is 302 g/mol. The van der Waals surface area contributed by atoms with Gasteiger partial charge in [-0.1, -0.05) is 24.9 Å². The molecule has 2 atom stereocenters. The Labute approximate surface area is 129 Å². The molecular weight excluding hydrogens is 280 g/mol. The van der Waals surface area contributed by atoms with E-state index in [0.717, 1.165) is 44.0 Å². The molecule has 0 aromatic carbocycles. The van der Waals surface area contributed by atoms with Crippen LogP contribution in [0, 0.1) is 0 Å². The van der Waals surface area contributed by atoms with Gasteiger partial charge in [0.15, 0.2) is 5.89 Å². The molecule has 118 valence electrons. The molecule has 6 heteroatoms. The average Bonchev–Trinajstić information content (AvgIpc) is 3.26. The molecule has 2 aromatic rings. The van der Waals surface area contributed by atoms with Crippen LogP contribution in [0.15, 0.2) is 15.2 Å². The fourth-order valence-electron chi connectivity index (χ4n) is 3.94. The van der Waals surface area contributed by atoms with Crippen molar-refractivity contribution in [3.05, 3.63) is 18.0 Å². The molecule has 6 nitrogen and oxygen atoms in total. The number of aryl methyl sites for hydroxylation is 1. The number of nitrogens with zero attached hydrogens (tertiary/aromatic N) is 3. The van der Waals surface area contributed by atoms with E-state index in [0.29, 0.717) is 17.6 Å². The highest BCUT2D eigenvalue weighted by Crippen LogP contribution is 2.44. The fourth-order valence-corrected chi connectivity index (χ4v) is 3.94. The first-order valence-corrected chi connectivity index (χ1v) is 8.34. The van der Waals surface area contributed by atoms with E-state index < -0.39 is 0 Å². The number of rotatable bonds is 4. The van der Waals surface area contributed by atoms with Gasteiger partial charge in [0.05, 0.1) is 5.41 Å². The van der Waals surface area contributed by atoms with Gasteiger partial charge in [0.1, 0.15) is 12.0 Å². The molecule has 22 heavy (non-hydrogen) atoms. The van der Waals surface area contributed by atoms with Crippen molar-refractivity contribution in [2.45, 2.75) is 63.3 Å². The molecule has 1 aliphatic carbocycles. The Hall–Kier alpha value is -1.69. The third-order valence-corrected chi connectivity index (χ3v) is 5.09. The summed E-state index contributed by atoms with van der Waals surface area (Å²) >= 11 is 0. The molecule has 4 rings (SSSR count). The minimum absolute atomic E-state index is 0.0273. The number of aromatic nitrogens is 3. The van der Waals surface area contributed by atoms with Crippen LogP contribution in [0.4, 0.5) is 0 Å². The number of hydrogen-bond donors (Lipinski definition) is 1. The Morgan fingerprint density at radius 1 is 1.32 bits per heavy atom. The molecule has 1 N–H and O–H groups in total. The second kappa shape index (κ2) is 5.50. The molecule has 0 amide bonds. The van der Waals surface area contributed by atoms with Crippen molar-refractivity contribution >= 4 is 0 Å². The minimum Gasteiger partial charge on any atom is -0.448 e. The predicted molar refractivity (Wildman–Crippen MR) is 80.3 cm³/mol. The van der Waals surface area contributed by atoms with Crippen LogP contribution in [-0.4, -0.2) is 27.7 Å². The lowest BCUT2D eigenvalue weighted by molar-refractivity contribution is 0.199. The highest BCUT2D eigenvalue weighted by atomic mass is 16.5. The first-order valence-electron chi connectivity index (χ1n) is 8.34. The van der Waals surface area contributed by atoms with Gasteiger partial charge in [-0.3, -0.25) is 0 Å². The summed E-state index contributed by atoms with van der Waals surface area (Å²) in [5, 5.41) is 7.76. The monoisotopic (exact) mass is 302 g/mol. The number of nitrogens with one attached hydrogen (secondary N) is 1. The lowest BCUT2D eigenvalue weighted by Crippen LogP contribution is -2.43. The molecule has 0 bridgehead atoms. The topological polar surface area (TPSA) is 77.0 Å². The van der Waals surface area contributed by atoms with Crippen LogP contribution in [0.5, 0.6) is 0 Å². The summed E-state index contributed by atoms with van der Waals surface area (Å²) in [7, 11) is 0. The fraction of sp³-hybridized carbons (Fsp3) is 0.688. The summed E-state index contributed by atoms with van der Waals surface area (Å²) in [4.78, 5) is 9.12. The molecule has 3 heterocycles. The van der Waals surface area contributed by atoms with Crippen LogP contribution in [0.3, 0.4) is 0 Å². The van der Waals surface area contributed by atoms with E-state index in [2.05, 4.69) is 27.4 Å². The molecule has 0 radical (unpaired) electrons. The molecule has 2 aliphatic rings. The maximum absolute atomic E-state index is 5.65. The van der Waals surface area contributed by atoms with Gasteiger partial charge in [-0.25, -0.2) is 4.98 Å². The van der Waals surface area contributed by atoms with Crippen LogP contribution >= 0.6 is 0 Å². The Morgan fingerprint density at radius 2 is 2.27 bits per heavy atom.